The fraction of sp³-hybridized carbons (Fsp3) is 0.562. The third kappa shape index (κ3) is 4.27. The van der Waals surface area contributed by atoms with Crippen LogP contribution in [0, 0.1) is 23.0 Å². The summed E-state index contributed by atoms with van der Waals surface area (Å²) < 4.78 is 0. The smallest absolute Gasteiger partial charge is 0.269 e. The van der Waals surface area contributed by atoms with Crippen molar-refractivity contribution in [3.8, 4) is 0 Å². The van der Waals surface area contributed by atoms with Gasteiger partial charge in [-0.1, -0.05) is 0 Å². The monoisotopic (exact) mass is 305 g/mol. The van der Waals surface area contributed by atoms with Crippen LogP contribution in [-0.2, 0) is 4.79 Å². The number of amides is 1. The van der Waals surface area contributed by atoms with Gasteiger partial charge >= 0.3 is 0 Å². The molecule has 2 rings (SSSR count). The molecule has 1 aromatic rings. The Kier molecular flexibility index (Phi) is 5.13. The first-order valence-corrected chi connectivity index (χ1v) is 7.63. The van der Waals surface area contributed by atoms with E-state index in [4.69, 9.17) is 0 Å². The summed E-state index contributed by atoms with van der Waals surface area (Å²) in [4.78, 5) is 24.5. The molecule has 1 amide bonds. The number of nitro groups is 1. The molecule has 0 saturated heterocycles. The van der Waals surface area contributed by atoms with Gasteiger partial charge in [0.05, 0.1) is 4.92 Å². The maximum absolute atomic E-state index is 12.0. The van der Waals surface area contributed by atoms with Crippen LogP contribution in [0.4, 0.5) is 11.4 Å². The zero-order valence-electron chi connectivity index (χ0n) is 13.3. The highest BCUT2D eigenvalue weighted by Crippen LogP contribution is 2.34. The molecule has 1 aromatic carbocycles. The van der Waals surface area contributed by atoms with Gasteiger partial charge in [0.2, 0.25) is 5.91 Å². The molecule has 0 radical (unpaired) electrons. The molecule has 0 unspecified atom stereocenters. The Morgan fingerprint density at radius 1 is 1.50 bits per heavy atom. The maximum atomic E-state index is 12.0. The zero-order chi connectivity index (χ0) is 16.3. The van der Waals surface area contributed by atoms with E-state index in [0.717, 1.165) is 12.5 Å². The number of hydrogen-bond donors (Lipinski definition) is 1. The third-order valence-electron chi connectivity index (χ3n) is 4.39. The lowest BCUT2D eigenvalue weighted by molar-refractivity contribution is -0.384. The predicted octanol–water partition coefficient (Wildman–Crippen LogP) is 2.96. The van der Waals surface area contributed by atoms with Gasteiger partial charge in [-0.15, -0.1) is 0 Å². The molecule has 0 aromatic heterocycles. The Morgan fingerprint density at radius 3 is 2.73 bits per heavy atom. The van der Waals surface area contributed by atoms with Crippen LogP contribution in [0.25, 0.3) is 0 Å². The molecule has 0 bridgehead atoms. The van der Waals surface area contributed by atoms with Crippen LogP contribution in [0.1, 0.15) is 31.7 Å². The highest BCUT2D eigenvalue weighted by atomic mass is 16.6. The second-order valence-electron chi connectivity index (χ2n) is 6.11. The molecule has 6 nitrogen and oxygen atoms in total. The summed E-state index contributed by atoms with van der Waals surface area (Å²) in [5.74, 6) is 0.719. The lowest BCUT2D eigenvalue weighted by Gasteiger charge is -2.24. The summed E-state index contributed by atoms with van der Waals surface area (Å²) in [6, 6.07) is 4.98. The molecule has 1 fully saturated rings. The molecule has 1 aliphatic rings. The average Bonchev–Trinajstić information content (AvgIpc) is 3.30. The van der Waals surface area contributed by atoms with Crippen molar-refractivity contribution in [2.75, 3.05) is 18.9 Å². The molecule has 1 N–H and O–H groups in total. The van der Waals surface area contributed by atoms with Gasteiger partial charge in [0, 0.05) is 36.8 Å². The van der Waals surface area contributed by atoms with Crippen LogP contribution in [0.2, 0.25) is 0 Å². The summed E-state index contributed by atoms with van der Waals surface area (Å²) in [7, 11) is 2.05. The van der Waals surface area contributed by atoms with Crippen LogP contribution >= 0.6 is 0 Å². The topological polar surface area (TPSA) is 75.5 Å². The van der Waals surface area contributed by atoms with Gasteiger partial charge in [0.25, 0.3) is 5.69 Å². The Hall–Kier alpha value is -1.95. The van der Waals surface area contributed by atoms with Gasteiger partial charge < -0.3 is 10.2 Å². The highest BCUT2D eigenvalue weighted by Gasteiger charge is 2.30. The standard InChI is InChI=1S/C16H23N3O3/c1-11-10-14(19(21)22)6-7-15(11)17-16(20)8-9-18(3)12(2)13-4-5-13/h6-7,10,12-13H,4-5,8-9H2,1-3H3,(H,17,20)/t12-/m1/s1. The van der Waals surface area contributed by atoms with E-state index in [2.05, 4.69) is 17.1 Å². The second-order valence-corrected chi connectivity index (χ2v) is 6.11. The van der Waals surface area contributed by atoms with Crippen molar-refractivity contribution in [2.45, 2.75) is 39.2 Å². The minimum absolute atomic E-state index is 0.0356. The number of hydrogen-bond acceptors (Lipinski definition) is 4. The van der Waals surface area contributed by atoms with E-state index in [1.165, 1.54) is 25.0 Å². The first-order chi connectivity index (χ1) is 10.4. The number of rotatable bonds is 7. The first-order valence-electron chi connectivity index (χ1n) is 7.63. The van der Waals surface area contributed by atoms with Crippen LogP contribution < -0.4 is 5.32 Å². The van der Waals surface area contributed by atoms with Crippen molar-refractivity contribution in [2.24, 2.45) is 5.92 Å². The normalized spacial score (nSPS) is 15.6. The zero-order valence-corrected chi connectivity index (χ0v) is 13.3. The Bertz CT molecular complexity index is 570. The maximum Gasteiger partial charge on any atom is 0.269 e. The fourth-order valence-corrected chi connectivity index (χ4v) is 2.53. The number of non-ortho nitro benzene ring substituents is 1. The number of benzene rings is 1. The van der Waals surface area contributed by atoms with Crippen molar-refractivity contribution in [3.63, 3.8) is 0 Å². The molecule has 0 aliphatic heterocycles. The quantitative estimate of drug-likeness (QED) is 0.620. The molecule has 22 heavy (non-hydrogen) atoms. The van der Waals surface area contributed by atoms with E-state index in [1.807, 2.05) is 7.05 Å². The van der Waals surface area contributed by atoms with Gasteiger partial charge in [-0.05, 0) is 51.3 Å². The van der Waals surface area contributed by atoms with Crippen LogP contribution in [0.15, 0.2) is 18.2 Å². The van der Waals surface area contributed by atoms with E-state index < -0.39 is 4.92 Å². The van der Waals surface area contributed by atoms with Gasteiger partial charge in [0.1, 0.15) is 0 Å². The number of nitrogens with zero attached hydrogens (tertiary/aromatic N) is 2. The van der Waals surface area contributed by atoms with Crippen molar-refractivity contribution in [1.29, 1.82) is 0 Å². The number of aryl methyl sites for hydroxylation is 1. The number of nitrogens with one attached hydrogen (secondary N) is 1. The average molecular weight is 305 g/mol. The van der Waals surface area contributed by atoms with Crippen LogP contribution in [-0.4, -0.2) is 35.4 Å². The number of anilines is 1. The second kappa shape index (κ2) is 6.87. The van der Waals surface area contributed by atoms with Crippen molar-refractivity contribution < 1.29 is 9.72 Å². The molecule has 120 valence electrons. The minimum Gasteiger partial charge on any atom is -0.326 e. The predicted molar refractivity (Wildman–Crippen MR) is 85.9 cm³/mol. The van der Waals surface area contributed by atoms with E-state index >= 15 is 0 Å². The SMILES string of the molecule is Cc1cc([N+](=O)[O-])ccc1NC(=O)CCN(C)[C@H](C)C1CC1. The number of nitro benzene ring substituents is 1. The Labute approximate surface area is 130 Å². The lowest BCUT2D eigenvalue weighted by Crippen LogP contribution is -2.33. The van der Waals surface area contributed by atoms with E-state index in [0.29, 0.717) is 23.7 Å². The van der Waals surface area contributed by atoms with Gasteiger partial charge in [-0.3, -0.25) is 14.9 Å². The molecular weight excluding hydrogens is 282 g/mol. The van der Waals surface area contributed by atoms with E-state index in [9.17, 15) is 14.9 Å². The summed E-state index contributed by atoms with van der Waals surface area (Å²) in [5.41, 5.74) is 1.37. The molecule has 1 aliphatic carbocycles. The largest absolute Gasteiger partial charge is 0.326 e. The van der Waals surface area contributed by atoms with E-state index in [-0.39, 0.29) is 11.6 Å². The lowest BCUT2D eigenvalue weighted by atomic mass is 10.1. The van der Waals surface area contributed by atoms with Crippen molar-refractivity contribution in [3.05, 3.63) is 33.9 Å². The molecule has 1 atom stereocenters. The van der Waals surface area contributed by atoms with Gasteiger partial charge in [0.15, 0.2) is 0 Å². The summed E-state index contributed by atoms with van der Waals surface area (Å²) in [6.07, 6.45) is 3.00. The molecule has 0 heterocycles. The molecule has 1 saturated carbocycles. The number of carbonyl (C=O) groups excluding carboxylic acids is 1. The van der Waals surface area contributed by atoms with Crippen molar-refractivity contribution >= 4 is 17.3 Å². The summed E-state index contributed by atoms with van der Waals surface area (Å²) in [6.45, 7) is 4.68. The molecule has 0 spiro atoms. The number of carbonyl (C=O) groups is 1. The van der Waals surface area contributed by atoms with Crippen molar-refractivity contribution in [1.82, 2.24) is 4.90 Å². The Balaban J connectivity index is 1.85. The first kappa shape index (κ1) is 16.4. The third-order valence-corrected chi connectivity index (χ3v) is 4.39. The fourth-order valence-electron chi connectivity index (χ4n) is 2.53. The minimum atomic E-state index is -0.438. The van der Waals surface area contributed by atoms with E-state index in [1.54, 1.807) is 13.0 Å². The summed E-state index contributed by atoms with van der Waals surface area (Å²) >= 11 is 0. The van der Waals surface area contributed by atoms with Crippen LogP contribution in [0.3, 0.4) is 0 Å². The summed E-state index contributed by atoms with van der Waals surface area (Å²) in [5, 5.41) is 13.5. The van der Waals surface area contributed by atoms with Crippen LogP contribution in [0.5, 0.6) is 0 Å². The van der Waals surface area contributed by atoms with Gasteiger partial charge in [-0.2, -0.15) is 0 Å². The molecular formula is C16H23N3O3. The van der Waals surface area contributed by atoms with Gasteiger partial charge in [-0.25, -0.2) is 0 Å². The Morgan fingerprint density at radius 2 is 2.18 bits per heavy atom. The molecule has 6 heteroatoms. The highest BCUT2D eigenvalue weighted by molar-refractivity contribution is 5.91.